The largest absolute Gasteiger partial charge is 0.392 e. The first-order valence-electron chi connectivity index (χ1n) is 7.62. The van der Waals surface area contributed by atoms with Gasteiger partial charge in [-0.05, 0) is 48.8 Å². The fraction of sp³-hybridized carbons (Fsp3) is 0.625. The Labute approximate surface area is 127 Å². The summed E-state index contributed by atoms with van der Waals surface area (Å²) in [5.74, 6) is 0. The minimum atomic E-state index is -3.52. The van der Waals surface area contributed by atoms with Crippen molar-refractivity contribution >= 4 is 10.0 Å². The molecular weight excluding hydrogens is 286 g/mol. The smallest absolute Gasteiger partial charge is 0.240 e. The van der Waals surface area contributed by atoms with Crippen molar-refractivity contribution in [1.82, 2.24) is 4.72 Å². The van der Waals surface area contributed by atoms with E-state index in [0.29, 0.717) is 17.7 Å². The lowest BCUT2D eigenvalue weighted by molar-refractivity contribution is 0.281. The molecule has 1 fully saturated rings. The van der Waals surface area contributed by atoms with E-state index >= 15 is 0 Å². The van der Waals surface area contributed by atoms with Gasteiger partial charge in [-0.3, -0.25) is 0 Å². The van der Waals surface area contributed by atoms with Crippen molar-refractivity contribution in [3.63, 3.8) is 0 Å². The van der Waals surface area contributed by atoms with Gasteiger partial charge in [-0.25, -0.2) is 13.1 Å². The number of aliphatic hydroxyl groups excluding tert-OH is 1. The Morgan fingerprint density at radius 1 is 1.29 bits per heavy atom. The maximum atomic E-state index is 12.5. The standard InChI is InChI=1S/C16H25NO3S/c1-3-16(8-4-5-9-16)12-17-21(19,20)15-10-14(11-18)7-6-13(15)2/h6-7,10,17-18H,3-5,8-9,11-12H2,1-2H3. The predicted molar refractivity (Wildman–Crippen MR) is 83.5 cm³/mol. The van der Waals surface area contributed by atoms with E-state index in [0.717, 1.165) is 19.3 Å². The summed E-state index contributed by atoms with van der Waals surface area (Å²) >= 11 is 0. The Balaban J connectivity index is 2.18. The summed E-state index contributed by atoms with van der Waals surface area (Å²) in [6.45, 7) is 4.27. The molecular formula is C16H25NO3S. The van der Waals surface area contributed by atoms with Crippen molar-refractivity contribution < 1.29 is 13.5 Å². The number of hydrogen-bond acceptors (Lipinski definition) is 3. The maximum absolute atomic E-state index is 12.5. The molecule has 2 N–H and O–H groups in total. The lowest BCUT2D eigenvalue weighted by Gasteiger charge is -2.27. The molecule has 0 saturated heterocycles. The third-order valence-electron chi connectivity index (χ3n) is 4.78. The fourth-order valence-electron chi connectivity index (χ4n) is 3.14. The van der Waals surface area contributed by atoms with Crippen LogP contribution in [-0.4, -0.2) is 20.1 Å². The molecule has 5 heteroatoms. The van der Waals surface area contributed by atoms with Crippen LogP contribution in [0.1, 0.15) is 50.2 Å². The monoisotopic (exact) mass is 311 g/mol. The Kier molecular flexibility index (Phi) is 5.07. The van der Waals surface area contributed by atoms with Crippen molar-refractivity contribution in [3.8, 4) is 0 Å². The summed E-state index contributed by atoms with van der Waals surface area (Å²) in [4.78, 5) is 0.276. The Morgan fingerprint density at radius 2 is 1.95 bits per heavy atom. The summed E-state index contributed by atoms with van der Waals surface area (Å²) < 4.78 is 27.9. The maximum Gasteiger partial charge on any atom is 0.240 e. The van der Waals surface area contributed by atoms with E-state index in [9.17, 15) is 13.5 Å². The van der Waals surface area contributed by atoms with Crippen molar-refractivity contribution in [2.75, 3.05) is 6.54 Å². The molecule has 0 aliphatic heterocycles. The molecule has 1 aromatic rings. The molecule has 0 unspecified atom stereocenters. The van der Waals surface area contributed by atoms with Crippen LogP contribution in [0.4, 0.5) is 0 Å². The predicted octanol–water partition coefficient (Wildman–Crippen LogP) is 2.74. The number of benzene rings is 1. The van der Waals surface area contributed by atoms with Crippen LogP contribution in [0.2, 0.25) is 0 Å². The molecule has 0 aromatic heterocycles. The van der Waals surface area contributed by atoms with Crippen molar-refractivity contribution in [2.45, 2.75) is 57.5 Å². The highest BCUT2D eigenvalue weighted by atomic mass is 32.2. The zero-order valence-electron chi connectivity index (χ0n) is 12.9. The van der Waals surface area contributed by atoms with Gasteiger partial charge in [0, 0.05) is 6.54 Å². The van der Waals surface area contributed by atoms with Gasteiger partial charge in [-0.2, -0.15) is 0 Å². The lowest BCUT2D eigenvalue weighted by atomic mass is 9.84. The second kappa shape index (κ2) is 6.46. The van der Waals surface area contributed by atoms with Crippen LogP contribution in [0.25, 0.3) is 0 Å². The normalized spacial score (nSPS) is 18.0. The molecule has 0 heterocycles. The minimum Gasteiger partial charge on any atom is -0.392 e. The average molecular weight is 311 g/mol. The molecule has 1 aromatic carbocycles. The van der Waals surface area contributed by atoms with Crippen LogP contribution >= 0.6 is 0 Å². The molecule has 1 aliphatic carbocycles. The van der Waals surface area contributed by atoms with Crippen LogP contribution in [-0.2, 0) is 16.6 Å². The molecule has 4 nitrogen and oxygen atoms in total. The van der Waals surface area contributed by atoms with E-state index in [-0.39, 0.29) is 16.9 Å². The molecule has 0 atom stereocenters. The Hall–Kier alpha value is -0.910. The van der Waals surface area contributed by atoms with Crippen LogP contribution in [0.15, 0.2) is 23.1 Å². The van der Waals surface area contributed by atoms with Crippen LogP contribution in [0.5, 0.6) is 0 Å². The van der Waals surface area contributed by atoms with Gasteiger partial charge in [0.25, 0.3) is 0 Å². The highest BCUT2D eigenvalue weighted by Crippen LogP contribution is 2.40. The van der Waals surface area contributed by atoms with E-state index in [4.69, 9.17) is 0 Å². The SMILES string of the molecule is CCC1(CNS(=O)(=O)c2cc(CO)ccc2C)CCCC1. The van der Waals surface area contributed by atoms with Crippen molar-refractivity contribution in [2.24, 2.45) is 5.41 Å². The second-order valence-corrected chi connectivity index (χ2v) is 7.88. The minimum absolute atomic E-state index is 0.121. The van der Waals surface area contributed by atoms with E-state index in [1.54, 1.807) is 25.1 Å². The molecule has 0 amide bonds. The van der Waals surface area contributed by atoms with E-state index in [1.165, 1.54) is 12.8 Å². The summed E-state index contributed by atoms with van der Waals surface area (Å²) in [7, 11) is -3.52. The Morgan fingerprint density at radius 3 is 2.52 bits per heavy atom. The Bertz CT molecular complexity index is 590. The molecule has 21 heavy (non-hydrogen) atoms. The molecule has 0 radical (unpaired) electrons. The average Bonchev–Trinajstić information content (AvgIpc) is 2.95. The molecule has 1 saturated carbocycles. The highest BCUT2D eigenvalue weighted by Gasteiger charge is 2.33. The number of aryl methyl sites for hydroxylation is 1. The van der Waals surface area contributed by atoms with Gasteiger partial charge in [0.05, 0.1) is 11.5 Å². The summed E-state index contributed by atoms with van der Waals surface area (Å²) in [6.07, 6.45) is 5.58. The molecule has 0 spiro atoms. The molecule has 1 aliphatic rings. The molecule has 118 valence electrons. The third-order valence-corrected chi connectivity index (χ3v) is 6.32. The van der Waals surface area contributed by atoms with Crippen molar-refractivity contribution in [1.29, 1.82) is 0 Å². The van der Waals surface area contributed by atoms with Gasteiger partial charge in [0.1, 0.15) is 0 Å². The third kappa shape index (κ3) is 3.65. The zero-order valence-corrected chi connectivity index (χ0v) is 13.7. The van der Waals surface area contributed by atoms with Gasteiger partial charge in [-0.15, -0.1) is 0 Å². The summed E-state index contributed by atoms with van der Waals surface area (Å²) in [5.41, 5.74) is 1.44. The highest BCUT2D eigenvalue weighted by molar-refractivity contribution is 7.89. The number of rotatable bonds is 6. The van der Waals surface area contributed by atoms with Gasteiger partial charge in [-0.1, -0.05) is 31.9 Å². The molecule has 0 bridgehead atoms. The zero-order chi connectivity index (χ0) is 15.5. The fourth-order valence-corrected chi connectivity index (χ4v) is 4.59. The molecule has 2 rings (SSSR count). The summed E-state index contributed by atoms with van der Waals surface area (Å²) in [6, 6.07) is 5.05. The van der Waals surface area contributed by atoms with Crippen molar-refractivity contribution in [3.05, 3.63) is 29.3 Å². The first-order chi connectivity index (χ1) is 9.92. The lowest BCUT2D eigenvalue weighted by Crippen LogP contribution is -2.35. The first-order valence-corrected chi connectivity index (χ1v) is 9.11. The number of hydrogen-bond donors (Lipinski definition) is 2. The van der Waals surface area contributed by atoms with Gasteiger partial charge in [0.2, 0.25) is 10.0 Å². The summed E-state index contributed by atoms with van der Waals surface area (Å²) in [5, 5.41) is 9.19. The number of aliphatic hydroxyl groups is 1. The van der Waals surface area contributed by atoms with Crippen LogP contribution in [0, 0.1) is 12.3 Å². The van der Waals surface area contributed by atoms with E-state index in [2.05, 4.69) is 11.6 Å². The van der Waals surface area contributed by atoms with Gasteiger partial charge < -0.3 is 5.11 Å². The quantitative estimate of drug-likeness (QED) is 0.849. The van der Waals surface area contributed by atoms with Crippen LogP contribution < -0.4 is 4.72 Å². The topological polar surface area (TPSA) is 66.4 Å². The number of nitrogens with one attached hydrogen (secondary N) is 1. The van der Waals surface area contributed by atoms with E-state index < -0.39 is 10.0 Å². The van der Waals surface area contributed by atoms with Gasteiger partial charge >= 0.3 is 0 Å². The van der Waals surface area contributed by atoms with E-state index in [1.807, 2.05) is 0 Å². The first kappa shape index (κ1) is 16.5. The number of sulfonamides is 1. The second-order valence-electron chi connectivity index (χ2n) is 6.14. The van der Waals surface area contributed by atoms with Crippen LogP contribution in [0.3, 0.4) is 0 Å². The van der Waals surface area contributed by atoms with Gasteiger partial charge in [0.15, 0.2) is 0 Å².